The summed E-state index contributed by atoms with van der Waals surface area (Å²) in [6.07, 6.45) is 3.47. The zero-order valence-corrected chi connectivity index (χ0v) is 32.6. The SMILES string of the molecule is Cc1ccc2cc(-c3ccc4c(c3)-c3ccccc3C4(C)C)ccc2c1CC1(C)c2ccccc2-c2c(-c3ccc4c(c3)CCCI=C4)cccc21. The lowest BCUT2D eigenvalue weighted by Crippen LogP contribution is -2.24. The fourth-order valence-corrected chi connectivity index (χ4v) is 12.0. The number of rotatable bonds is 4. The third kappa shape index (κ3) is 4.81. The van der Waals surface area contributed by atoms with Crippen LogP contribution in [-0.4, -0.2) is 8.44 Å². The predicted octanol–water partition coefficient (Wildman–Crippen LogP) is 13.4. The molecule has 254 valence electrons. The van der Waals surface area contributed by atoms with Gasteiger partial charge in [0.2, 0.25) is 0 Å². The van der Waals surface area contributed by atoms with Crippen molar-refractivity contribution in [3.8, 4) is 44.5 Å². The van der Waals surface area contributed by atoms with Crippen molar-refractivity contribution in [3.63, 3.8) is 0 Å². The number of aryl methyl sites for hydroxylation is 2. The first kappa shape index (κ1) is 32.1. The molecule has 1 aliphatic heterocycles. The van der Waals surface area contributed by atoms with E-state index in [9.17, 15) is 0 Å². The zero-order chi connectivity index (χ0) is 35.2. The molecule has 0 amide bonds. The van der Waals surface area contributed by atoms with Gasteiger partial charge in [0.1, 0.15) is 0 Å². The van der Waals surface area contributed by atoms with Gasteiger partial charge in [0.05, 0.1) is 0 Å². The van der Waals surface area contributed by atoms with E-state index in [0.29, 0.717) is 0 Å². The van der Waals surface area contributed by atoms with E-state index < -0.39 is 0 Å². The van der Waals surface area contributed by atoms with Crippen molar-refractivity contribution >= 4 is 35.5 Å². The lowest BCUT2D eigenvalue weighted by molar-refractivity contribution is 0.584. The highest BCUT2D eigenvalue weighted by atomic mass is 127. The van der Waals surface area contributed by atoms with E-state index in [2.05, 4.69) is 165 Å². The number of hydrogen-bond acceptors (Lipinski definition) is 0. The van der Waals surface area contributed by atoms with Crippen molar-refractivity contribution in [2.24, 2.45) is 0 Å². The molecular formula is C51H43I. The van der Waals surface area contributed by atoms with Gasteiger partial charge >= 0.3 is 0 Å². The number of hydrogen-bond donors (Lipinski definition) is 0. The Morgan fingerprint density at radius 1 is 0.577 bits per heavy atom. The van der Waals surface area contributed by atoms with Gasteiger partial charge < -0.3 is 0 Å². The Balaban J connectivity index is 1.07. The van der Waals surface area contributed by atoms with Gasteiger partial charge in [-0.2, -0.15) is 0 Å². The molecule has 7 aromatic rings. The fraction of sp³-hybridized carbons (Fsp3) is 0.196. The average Bonchev–Trinajstić information content (AvgIpc) is 3.40. The minimum atomic E-state index is -0.149. The summed E-state index contributed by atoms with van der Waals surface area (Å²) in [7, 11) is 0. The Morgan fingerprint density at radius 2 is 1.29 bits per heavy atom. The molecule has 1 atom stereocenters. The summed E-state index contributed by atoms with van der Waals surface area (Å²) in [5.74, 6) is 0. The normalized spacial score (nSPS) is 17.8. The molecule has 52 heavy (non-hydrogen) atoms. The van der Waals surface area contributed by atoms with Crippen LogP contribution in [0.4, 0.5) is 0 Å². The second-order valence-corrected chi connectivity index (χ2v) is 18.6. The maximum absolute atomic E-state index is 2.55. The minimum Gasteiger partial charge on any atom is -0.122 e. The molecule has 0 saturated heterocycles. The van der Waals surface area contributed by atoms with E-state index in [1.165, 1.54) is 117 Å². The van der Waals surface area contributed by atoms with E-state index in [4.69, 9.17) is 0 Å². The van der Waals surface area contributed by atoms with Crippen LogP contribution < -0.4 is 0 Å². The van der Waals surface area contributed by atoms with Crippen LogP contribution in [-0.2, 0) is 23.7 Å². The van der Waals surface area contributed by atoms with Gasteiger partial charge in [-0.15, -0.1) is 20.7 Å². The van der Waals surface area contributed by atoms with Crippen LogP contribution in [0.1, 0.15) is 71.7 Å². The van der Waals surface area contributed by atoms with Crippen LogP contribution >= 0.6 is 20.7 Å². The first-order valence-electron chi connectivity index (χ1n) is 18.9. The molecule has 0 nitrogen and oxygen atoms in total. The summed E-state index contributed by atoms with van der Waals surface area (Å²) in [4.78, 5) is 0. The molecule has 3 aliphatic rings. The topological polar surface area (TPSA) is 0 Å². The van der Waals surface area contributed by atoms with Crippen molar-refractivity contribution < 1.29 is 0 Å². The summed E-state index contributed by atoms with van der Waals surface area (Å²) >= 11 is 0.187. The maximum atomic E-state index is 2.55. The van der Waals surface area contributed by atoms with E-state index in [0.717, 1.165) is 6.42 Å². The molecule has 0 radical (unpaired) electrons. The van der Waals surface area contributed by atoms with E-state index in [-0.39, 0.29) is 31.6 Å². The summed E-state index contributed by atoms with van der Waals surface area (Å²) in [6.45, 7) is 9.51. The Morgan fingerprint density at radius 3 is 2.17 bits per heavy atom. The molecule has 1 heterocycles. The van der Waals surface area contributed by atoms with Crippen LogP contribution in [0.25, 0.3) is 55.3 Å². The van der Waals surface area contributed by atoms with Gasteiger partial charge in [0.15, 0.2) is 0 Å². The fourth-order valence-electron chi connectivity index (χ4n) is 9.80. The third-order valence-corrected chi connectivity index (χ3v) is 15.1. The van der Waals surface area contributed by atoms with Crippen LogP contribution in [0.5, 0.6) is 0 Å². The van der Waals surface area contributed by atoms with Gasteiger partial charge in [-0.05, 0) is 147 Å². The highest BCUT2D eigenvalue weighted by Crippen LogP contribution is 2.54. The molecule has 7 aromatic carbocycles. The second kappa shape index (κ2) is 12.0. The number of halogens is 1. The van der Waals surface area contributed by atoms with Gasteiger partial charge in [0, 0.05) is 10.8 Å². The summed E-state index contributed by atoms with van der Waals surface area (Å²) in [6, 6.07) is 51.5. The Kier molecular flexibility index (Phi) is 7.38. The van der Waals surface area contributed by atoms with Crippen molar-refractivity contribution in [1.82, 2.24) is 0 Å². The molecule has 10 rings (SSSR count). The van der Waals surface area contributed by atoms with Crippen molar-refractivity contribution in [2.45, 2.75) is 57.8 Å². The lowest BCUT2D eigenvalue weighted by Gasteiger charge is -2.29. The zero-order valence-electron chi connectivity index (χ0n) is 30.5. The minimum absolute atomic E-state index is 0.0222. The Bertz CT molecular complexity index is 2630. The number of alkyl halides is 1. The highest BCUT2D eigenvalue weighted by Gasteiger charge is 2.41. The van der Waals surface area contributed by atoms with Gasteiger partial charge in [0.25, 0.3) is 0 Å². The molecule has 0 N–H and O–H groups in total. The molecule has 2 aliphatic carbocycles. The second-order valence-electron chi connectivity index (χ2n) is 16.0. The molecule has 0 fully saturated rings. The third-order valence-electron chi connectivity index (χ3n) is 12.6. The van der Waals surface area contributed by atoms with E-state index in [1.807, 2.05) is 0 Å². The number of benzene rings is 7. The van der Waals surface area contributed by atoms with Crippen molar-refractivity contribution in [2.75, 3.05) is 4.43 Å². The standard InChI is InChI=1S/C51H43I/c1-32-18-19-36-28-34(35-23-25-46-43(29-35)41-12-5-7-15-45(41)50(46,2)3)22-24-39(36)44(32)30-51(4)47-16-8-6-13-42(47)49-40(14-9-17-48(49)51)37-20-21-38-31-52-26-10-11-33(38)27-37/h5-9,12-25,27-29,31H,10-11,26,30H2,1-4H3. The van der Waals surface area contributed by atoms with Gasteiger partial charge in [-0.1, -0.05) is 142 Å². The molecule has 1 heteroatoms. The maximum Gasteiger partial charge on any atom is 0.0227 e. The van der Waals surface area contributed by atoms with Gasteiger partial charge in [-0.25, -0.2) is 0 Å². The van der Waals surface area contributed by atoms with Crippen LogP contribution in [0.2, 0.25) is 0 Å². The van der Waals surface area contributed by atoms with E-state index in [1.54, 1.807) is 0 Å². The average molecular weight is 783 g/mol. The molecular weight excluding hydrogens is 739 g/mol. The quantitative estimate of drug-likeness (QED) is 0.123. The van der Waals surface area contributed by atoms with Crippen molar-refractivity contribution in [1.29, 1.82) is 0 Å². The predicted molar refractivity (Wildman–Crippen MR) is 232 cm³/mol. The lowest BCUT2D eigenvalue weighted by atomic mass is 9.73. The summed E-state index contributed by atoms with van der Waals surface area (Å²) in [5, 5.41) is 2.68. The first-order valence-corrected chi connectivity index (χ1v) is 21.6. The summed E-state index contributed by atoms with van der Waals surface area (Å²) < 4.78 is 3.94. The largest absolute Gasteiger partial charge is 0.122 e. The number of fused-ring (bicyclic) bond motifs is 8. The van der Waals surface area contributed by atoms with Gasteiger partial charge in [-0.3, -0.25) is 0 Å². The molecule has 0 aromatic heterocycles. The Labute approximate surface area is 318 Å². The molecule has 1 unspecified atom stereocenters. The monoisotopic (exact) mass is 782 g/mol. The van der Waals surface area contributed by atoms with Crippen LogP contribution in [0.3, 0.4) is 0 Å². The molecule has 0 spiro atoms. The Hall–Kier alpha value is -4.60. The molecule has 0 bridgehead atoms. The van der Waals surface area contributed by atoms with Crippen LogP contribution in [0, 0.1) is 6.92 Å². The summed E-state index contributed by atoms with van der Waals surface area (Å²) in [5.41, 5.74) is 22.3. The first-order chi connectivity index (χ1) is 25.3. The van der Waals surface area contributed by atoms with Crippen molar-refractivity contribution in [3.05, 3.63) is 178 Å². The van der Waals surface area contributed by atoms with Crippen LogP contribution in [0.15, 0.2) is 133 Å². The van der Waals surface area contributed by atoms with E-state index >= 15 is 0 Å². The highest BCUT2D eigenvalue weighted by molar-refractivity contribution is 14.2. The smallest absolute Gasteiger partial charge is 0.0227 e. The molecule has 0 saturated carbocycles.